The van der Waals surface area contributed by atoms with Crippen molar-refractivity contribution < 1.29 is 11.0 Å². The van der Waals surface area contributed by atoms with Gasteiger partial charge in [0.15, 0.2) is 0 Å². The molecule has 0 aromatic heterocycles. The van der Waals surface area contributed by atoms with E-state index in [1.165, 1.54) is 0 Å². The Kier molecular flexibility index (Phi) is 253. The molecule has 4 heavy (non-hydrogen) atoms. The first-order chi connectivity index (χ1) is 0. The topological polar surface area (TPSA) is 63.0 Å². The van der Waals surface area contributed by atoms with E-state index in [0.29, 0.717) is 0 Å². The van der Waals surface area contributed by atoms with E-state index in [9.17, 15) is 0 Å². The van der Waals surface area contributed by atoms with Gasteiger partial charge >= 0.3 is 51.7 Å². The molecule has 0 unspecified atom stereocenters. The molecule has 0 aromatic rings. The van der Waals surface area contributed by atoms with Crippen LogP contribution >= 0.6 is 0 Å². The van der Waals surface area contributed by atoms with E-state index in [0.717, 1.165) is 0 Å². The van der Waals surface area contributed by atoms with Crippen molar-refractivity contribution in [2.24, 2.45) is 0 Å². The summed E-state index contributed by atoms with van der Waals surface area (Å²) in [4.78, 5) is 0. The van der Waals surface area contributed by atoms with Crippen molar-refractivity contribution >= 4 is 51.7 Å². The fraction of sp³-hybridized carbons (Fsp3) is 0. The maximum atomic E-state index is 0. The van der Waals surface area contributed by atoms with Gasteiger partial charge < -0.3 is 11.0 Å². The van der Waals surface area contributed by atoms with Crippen LogP contribution in [0.25, 0.3) is 0 Å². The molecule has 4 heteroatoms. The zero-order valence-electron chi connectivity index (χ0n) is 1.00. The minimum atomic E-state index is 0. The maximum absolute atomic E-state index is 0. The molecule has 0 rings (SSSR count). The second-order valence-electron chi connectivity index (χ2n) is 0. The molecule has 28 valence electrons. The minimum absolute atomic E-state index is 0. The van der Waals surface area contributed by atoms with Gasteiger partial charge in [-0.2, -0.15) is 0 Å². The average molecular weight is 272 g/mol. The Labute approximate surface area is 62.1 Å². The third-order valence-electron chi connectivity index (χ3n) is 0. The molecule has 0 saturated carbocycles. The summed E-state index contributed by atoms with van der Waals surface area (Å²) in [7, 11) is 0. The van der Waals surface area contributed by atoms with E-state index in [2.05, 4.69) is 0 Å². The zero-order chi connectivity index (χ0) is 0. The van der Waals surface area contributed by atoms with Crippen LogP contribution in [-0.2, 0) is 0 Å². The molecular weight excluding hydrogens is 262 g/mol. The molecule has 0 atom stereocenters. The number of rotatable bonds is 0. The van der Waals surface area contributed by atoms with Gasteiger partial charge in [-0.25, -0.2) is 0 Å². The molecule has 0 radical (unpaired) electrons. The van der Waals surface area contributed by atoms with Crippen LogP contribution in [0.4, 0.5) is 0 Å². The molecule has 0 heterocycles. The van der Waals surface area contributed by atoms with E-state index in [-0.39, 0.29) is 62.6 Å². The first-order valence-electron chi connectivity index (χ1n) is 0. The number of hydrogen-bond acceptors (Lipinski definition) is 0. The Morgan fingerprint density at radius 3 is 0.500 bits per heavy atom. The third kappa shape index (κ3) is 9.40. The van der Waals surface area contributed by atoms with Crippen molar-refractivity contribution in [2.75, 3.05) is 0 Å². The van der Waals surface area contributed by atoms with Gasteiger partial charge in [0.2, 0.25) is 0 Å². The summed E-state index contributed by atoms with van der Waals surface area (Å²) in [6.07, 6.45) is 0. The molecule has 0 fully saturated rings. The van der Waals surface area contributed by atoms with E-state index >= 15 is 0 Å². The van der Waals surface area contributed by atoms with Crippen molar-refractivity contribution in [1.82, 2.24) is 0 Å². The third-order valence-corrected chi connectivity index (χ3v) is 0. The first kappa shape index (κ1) is 44.6. The van der Waals surface area contributed by atoms with Gasteiger partial charge in [0.25, 0.3) is 0 Å². The standard InChI is InChI=1S/2In.2H2O.6H/h;;2*1H2;;;;;;. The summed E-state index contributed by atoms with van der Waals surface area (Å²) in [5.41, 5.74) is 0. The van der Waals surface area contributed by atoms with Crippen molar-refractivity contribution in [1.29, 1.82) is 0 Å². The summed E-state index contributed by atoms with van der Waals surface area (Å²) >= 11 is 0. The average Bonchev–Trinajstić information content (AvgIpc) is 0. The van der Waals surface area contributed by atoms with E-state index in [1.807, 2.05) is 0 Å². The molecule has 0 spiro atoms. The molecule has 0 amide bonds. The van der Waals surface area contributed by atoms with Crippen molar-refractivity contribution in [2.45, 2.75) is 0 Å². The molecule has 0 aliphatic heterocycles. The fourth-order valence-corrected chi connectivity index (χ4v) is 0. The molecule has 2 nitrogen and oxygen atoms in total. The van der Waals surface area contributed by atoms with Gasteiger partial charge in [-0.15, -0.1) is 0 Å². The Balaban J connectivity index is 0. The Bertz CT molecular complexity index is 4.00. The molecular formula is H10In2O2. The predicted octanol–water partition coefficient (Wildman–Crippen LogP) is -4.02. The van der Waals surface area contributed by atoms with Crippen LogP contribution < -0.4 is 0 Å². The van der Waals surface area contributed by atoms with Crippen LogP contribution in [0, 0.1) is 0 Å². The Morgan fingerprint density at radius 1 is 0.500 bits per heavy atom. The van der Waals surface area contributed by atoms with Crippen molar-refractivity contribution in [3.8, 4) is 0 Å². The summed E-state index contributed by atoms with van der Waals surface area (Å²) < 4.78 is 0. The predicted molar refractivity (Wildman–Crippen MR) is 27.1 cm³/mol. The molecule has 0 aliphatic carbocycles. The van der Waals surface area contributed by atoms with Crippen molar-refractivity contribution in [3.63, 3.8) is 0 Å². The number of hydrogen-bond donors (Lipinski definition) is 0. The van der Waals surface area contributed by atoms with Crippen LogP contribution in [0.3, 0.4) is 0 Å². The van der Waals surface area contributed by atoms with Crippen LogP contribution in [0.5, 0.6) is 0 Å². The monoisotopic (exact) mass is 272 g/mol. The van der Waals surface area contributed by atoms with Crippen LogP contribution in [-0.4, -0.2) is 62.6 Å². The summed E-state index contributed by atoms with van der Waals surface area (Å²) in [6, 6.07) is 0. The van der Waals surface area contributed by atoms with Gasteiger partial charge in [-0.1, -0.05) is 0 Å². The molecule has 4 N–H and O–H groups in total. The van der Waals surface area contributed by atoms with Crippen LogP contribution in [0.1, 0.15) is 0 Å². The van der Waals surface area contributed by atoms with E-state index in [1.54, 1.807) is 0 Å². The summed E-state index contributed by atoms with van der Waals surface area (Å²) in [5.74, 6) is 0. The Hall–Kier alpha value is 1.66. The molecule has 0 aliphatic rings. The van der Waals surface area contributed by atoms with E-state index < -0.39 is 0 Å². The van der Waals surface area contributed by atoms with Gasteiger partial charge in [-0.05, 0) is 0 Å². The zero-order valence-corrected chi connectivity index (χ0v) is 1.00. The van der Waals surface area contributed by atoms with Gasteiger partial charge in [0.05, 0.1) is 0 Å². The molecule has 0 aromatic carbocycles. The van der Waals surface area contributed by atoms with Gasteiger partial charge in [0.1, 0.15) is 0 Å². The van der Waals surface area contributed by atoms with Crippen LogP contribution in [0.15, 0.2) is 0 Å². The van der Waals surface area contributed by atoms with Crippen molar-refractivity contribution in [3.05, 3.63) is 0 Å². The second kappa shape index (κ2) is 22.7. The quantitative estimate of drug-likeness (QED) is 0.431. The van der Waals surface area contributed by atoms with Gasteiger partial charge in [-0.3, -0.25) is 0 Å². The fourth-order valence-electron chi connectivity index (χ4n) is 0. The molecule has 0 bridgehead atoms. The normalized spacial score (nSPS) is 0. The molecule has 0 saturated heterocycles. The van der Waals surface area contributed by atoms with E-state index in [4.69, 9.17) is 0 Å². The van der Waals surface area contributed by atoms with Gasteiger partial charge in [0, 0.05) is 0 Å². The SMILES string of the molecule is O.O.[InH3].[InH3]. The van der Waals surface area contributed by atoms with Crippen LogP contribution in [0.2, 0.25) is 0 Å². The first-order valence-corrected chi connectivity index (χ1v) is 0. The summed E-state index contributed by atoms with van der Waals surface area (Å²) in [5, 5.41) is 0. The Morgan fingerprint density at radius 2 is 0.500 bits per heavy atom. The second-order valence-corrected chi connectivity index (χ2v) is 0. The summed E-state index contributed by atoms with van der Waals surface area (Å²) in [6.45, 7) is 0.